The van der Waals surface area contributed by atoms with Gasteiger partial charge in [-0.1, -0.05) is 71.2 Å². The monoisotopic (exact) mass is 440 g/mol. The van der Waals surface area contributed by atoms with E-state index in [2.05, 4.69) is 0 Å². The largest absolute Gasteiger partial charge is 0.480 e. The molecule has 0 saturated heterocycles. The van der Waals surface area contributed by atoms with Crippen LogP contribution in [0.4, 0.5) is 0 Å². The molecule has 0 aliphatic carbocycles. The van der Waals surface area contributed by atoms with Gasteiger partial charge in [0.05, 0.1) is 0 Å². The van der Waals surface area contributed by atoms with E-state index in [1.807, 2.05) is 12.1 Å². The highest BCUT2D eigenvalue weighted by molar-refractivity contribution is 6.31. The van der Waals surface area contributed by atoms with Gasteiger partial charge in [0.1, 0.15) is 5.41 Å². The molecule has 0 aromatic heterocycles. The Morgan fingerprint density at radius 1 is 0.704 bits per heavy atom. The first kappa shape index (κ1) is 21.6. The minimum absolute atomic E-state index is 0. The molecule has 0 atom stereocenters. The van der Waals surface area contributed by atoms with E-state index in [0.29, 0.717) is 26.2 Å². The van der Waals surface area contributed by atoms with Crippen molar-refractivity contribution in [3.05, 3.63) is 105 Å². The Kier molecular flexibility index (Phi) is 7.19. The topological polar surface area (TPSA) is 37.3 Å². The van der Waals surface area contributed by atoms with Crippen molar-refractivity contribution in [2.45, 2.75) is 11.8 Å². The summed E-state index contributed by atoms with van der Waals surface area (Å²) in [5, 5.41) is 12.0. The number of carbonyl (C=O) groups is 1. The summed E-state index contributed by atoms with van der Waals surface area (Å²) in [6, 6.07) is 21.0. The van der Waals surface area contributed by atoms with Crippen molar-refractivity contribution in [3.8, 4) is 0 Å². The molecule has 0 fully saturated rings. The molecule has 3 rings (SSSR count). The Hall–Kier alpha value is -1.71. The van der Waals surface area contributed by atoms with Crippen LogP contribution in [0.2, 0.25) is 15.1 Å². The number of carboxylic acid groups (broad SMARTS) is 1. The minimum atomic E-state index is -1.27. The van der Waals surface area contributed by atoms with Crippen LogP contribution < -0.4 is 0 Å². The maximum atomic E-state index is 12.6. The van der Waals surface area contributed by atoms with Gasteiger partial charge >= 0.3 is 5.97 Å². The highest BCUT2D eigenvalue weighted by atomic mass is 35.5. The third-order valence-electron chi connectivity index (χ3n) is 4.42. The van der Waals surface area contributed by atoms with Crippen molar-refractivity contribution in [2.24, 2.45) is 0 Å². The fourth-order valence-corrected chi connectivity index (χ4v) is 3.45. The second-order valence-corrected chi connectivity index (χ2v) is 7.34. The van der Waals surface area contributed by atoms with Crippen LogP contribution in [0.25, 0.3) is 0 Å². The highest BCUT2D eigenvalue weighted by Crippen LogP contribution is 2.37. The van der Waals surface area contributed by atoms with Crippen molar-refractivity contribution in [1.29, 1.82) is 0 Å². The molecule has 1 N–H and O–H groups in total. The Morgan fingerprint density at radius 2 is 1.04 bits per heavy atom. The Balaban J connectivity index is 0.00000261. The van der Waals surface area contributed by atoms with Crippen LogP contribution in [-0.2, 0) is 16.6 Å². The van der Waals surface area contributed by atoms with Gasteiger partial charge in [0.25, 0.3) is 0 Å². The summed E-state index contributed by atoms with van der Waals surface area (Å²) in [7, 11) is 0. The van der Waals surface area contributed by atoms with Gasteiger partial charge in [-0.3, -0.25) is 4.79 Å². The Morgan fingerprint density at radius 3 is 1.37 bits per heavy atom. The molecule has 140 valence electrons. The van der Waals surface area contributed by atoms with E-state index in [0.717, 1.165) is 5.56 Å². The maximum Gasteiger partial charge on any atom is 0.318 e. The highest BCUT2D eigenvalue weighted by Gasteiger charge is 2.42. The second-order valence-electron chi connectivity index (χ2n) is 6.03. The number of benzene rings is 3. The zero-order valence-electron chi connectivity index (χ0n) is 14.0. The quantitative estimate of drug-likeness (QED) is 0.479. The van der Waals surface area contributed by atoms with Gasteiger partial charge in [-0.2, -0.15) is 0 Å². The van der Waals surface area contributed by atoms with E-state index in [-0.39, 0.29) is 18.8 Å². The number of aliphatic carboxylic acids is 1. The van der Waals surface area contributed by atoms with E-state index in [1.165, 1.54) is 0 Å². The fraction of sp³-hybridized carbons (Fsp3) is 0.0952. The van der Waals surface area contributed by atoms with E-state index < -0.39 is 11.4 Å². The van der Waals surface area contributed by atoms with Crippen LogP contribution in [0.5, 0.6) is 0 Å². The van der Waals surface area contributed by atoms with Crippen LogP contribution in [0, 0.1) is 0 Å². The van der Waals surface area contributed by atoms with Gasteiger partial charge < -0.3 is 5.11 Å². The number of rotatable bonds is 5. The summed E-state index contributed by atoms with van der Waals surface area (Å²) in [5.41, 5.74) is 0.878. The van der Waals surface area contributed by atoms with Crippen molar-refractivity contribution >= 4 is 53.2 Å². The molecular weight excluding hydrogens is 426 g/mol. The number of hydrogen-bond donors (Lipinski definition) is 1. The first-order chi connectivity index (χ1) is 12.4. The molecule has 0 saturated carbocycles. The summed E-state index contributed by atoms with van der Waals surface area (Å²) >= 11 is 18.0. The van der Waals surface area contributed by atoms with E-state index >= 15 is 0 Å². The first-order valence-electron chi connectivity index (χ1n) is 7.92. The number of halogens is 4. The zero-order chi connectivity index (χ0) is 18.7. The predicted octanol–water partition coefficient (Wildman–Crippen LogP) is 6.68. The zero-order valence-corrected chi connectivity index (χ0v) is 17.1. The first-order valence-corrected chi connectivity index (χ1v) is 9.05. The second kappa shape index (κ2) is 8.99. The lowest BCUT2D eigenvalue weighted by atomic mass is 9.70. The van der Waals surface area contributed by atoms with E-state index in [9.17, 15) is 9.90 Å². The lowest BCUT2D eigenvalue weighted by Gasteiger charge is -2.31. The molecule has 6 heteroatoms. The molecule has 0 aliphatic heterocycles. The van der Waals surface area contributed by atoms with Gasteiger partial charge in [0.2, 0.25) is 0 Å². The van der Waals surface area contributed by atoms with Crippen LogP contribution in [0.3, 0.4) is 0 Å². The molecule has 0 amide bonds. The molecule has 0 aliphatic rings. The normalized spacial score (nSPS) is 10.9. The van der Waals surface area contributed by atoms with Crippen LogP contribution in [-0.4, -0.2) is 11.1 Å². The van der Waals surface area contributed by atoms with Gasteiger partial charge in [-0.05, 0) is 59.5 Å². The third kappa shape index (κ3) is 4.59. The van der Waals surface area contributed by atoms with Crippen molar-refractivity contribution in [1.82, 2.24) is 0 Å². The standard InChI is InChI=1S/C21H15Cl3O2.ClH/c22-17-7-1-14(2-8-17)13-21(20(25)26,15-3-9-18(23)10-4-15)16-5-11-19(24)12-6-16;/h1-12H,13H2,(H,25,26);1H. The average molecular weight is 442 g/mol. The number of hydrogen-bond acceptors (Lipinski definition) is 1. The minimum Gasteiger partial charge on any atom is -0.480 e. The van der Waals surface area contributed by atoms with E-state index in [4.69, 9.17) is 34.8 Å². The van der Waals surface area contributed by atoms with Crippen LogP contribution in [0.15, 0.2) is 72.8 Å². The lowest BCUT2D eigenvalue weighted by molar-refractivity contribution is -0.142. The van der Waals surface area contributed by atoms with Crippen LogP contribution in [0.1, 0.15) is 16.7 Å². The van der Waals surface area contributed by atoms with Crippen molar-refractivity contribution in [3.63, 3.8) is 0 Å². The molecule has 0 radical (unpaired) electrons. The van der Waals surface area contributed by atoms with Crippen molar-refractivity contribution < 1.29 is 9.90 Å². The molecule has 0 unspecified atom stereocenters. The molecule has 2 nitrogen and oxygen atoms in total. The van der Waals surface area contributed by atoms with Gasteiger partial charge in [0, 0.05) is 15.1 Å². The van der Waals surface area contributed by atoms with E-state index in [1.54, 1.807) is 60.7 Å². The molecule has 0 bridgehead atoms. The summed E-state index contributed by atoms with van der Waals surface area (Å²) in [4.78, 5) is 12.6. The smallest absolute Gasteiger partial charge is 0.318 e. The molecular formula is C21H16Cl4O2. The molecule has 3 aromatic carbocycles. The summed E-state index contributed by atoms with van der Waals surface area (Å²) in [5.74, 6) is -0.947. The molecule has 27 heavy (non-hydrogen) atoms. The number of carboxylic acids is 1. The fourth-order valence-electron chi connectivity index (χ4n) is 3.07. The summed E-state index contributed by atoms with van der Waals surface area (Å²) < 4.78 is 0. The SMILES string of the molecule is Cl.O=C(O)C(Cc1ccc(Cl)cc1)(c1ccc(Cl)cc1)c1ccc(Cl)cc1. The maximum absolute atomic E-state index is 12.6. The third-order valence-corrected chi connectivity index (χ3v) is 5.18. The molecule has 3 aromatic rings. The van der Waals surface area contributed by atoms with Gasteiger partial charge in [-0.25, -0.2) is 0 Å². The Labute approximate surface area is 179 Å². The predicted molar refractivity (Wildman–Crippen MR) is 114 cm³/mol. The molecule has 0 spiro atoms. The van der Waals surface area contributed by atoms with Crippen LogP contribution >= 0.6 is 47.2 Å². The van der Waals surface area contributed by atoms with Crippen molar-refractivity contribution in [2.75, 3.05) is 0 Å². The van der Waals surface area contributed by atoms with Gasteiger partial charge in [-0.15, -0.1) is 12.4 Å². The summed E-state index contributed by atoms with van der Waals surface area (Å²) in [6.07, 6.45) is 0.267. The Bertz CT molecular complexity index is 859. The lowest BCUT2D eigenvalue weighted by Crippen LogP contribution is -2.39. The van der Waals surface area contributed by atoms with Gasteiger partial charge in [0.15, 0.2) is 0 Å². The average Bonchev–Trinajstić information content (AvgIpc) is 2.63. The molecule has 0 heterocycles. The summed E-state index contributed by atoms with van der Waals surface area (Å²) in [6.45, 7) is 0.